The SMILES string of the molecule is CC(=O)CC(C)=O.[Cd].[Hg]. The normalized spacial score (nSPS) is 6.44. The minimum absolute atomic E-state index is 0. The van der Waals surface area contributed by atoms with E-state index in [0.29, 0.717) is 0 Å². The monoisotopic (exact) mass is 416 g/mol. The zero-order chi connectivity index (χ0) is 5.86. The summed E-state index contributed by atoms with van der Waals surface area (Å²) in [5, 5.41) is 0. The van der Waals surface area contributed by atoms with Gasteiger partial charge in [0.15, 0.2) is 0 Å². The average molecular weight is 413 g/mol. The van der Waals surface area contributed by atoms with Crippen LogP contribution in [0.15, 0.2) is 0 Å². The van der Waals surface area contributed by atoms with Gasteiger partial charge < -0.3 is 0 Å². The zero-order valence-corrected chi connectivity index (χ0v) is 15.5. The van der Waals surface area contributed by atoms with E-state index in [1.165, 1.54) is 13.8 Å². The number of hydrogen-bond acceptors (Lipinski definition) is 2. The van der Waals surface area contributed by atoms with Gasteiger partial charge in [-0.2, -0.15) is 0 Å². The Bertz CT molecular complexity index is 91.1. The predicted octanol–water partition coefficient (Wildman–Crippen LogP) is 0.549. The van der Waals surface area contributed by atoms with Gasteiger partial charge in [0, 0.05) is 55.0 Å². The fourth-order valence-electron chi connectivity index (χ4n) is 0.351. The van der Waals surface area contributed by atoms with Gasteiger partial charge in [0.2, 0.25) is 0 Å². The molecule has 0 rings (SSSR count). The van der Waals surface area contributed by atoms with E-state index in [2.05, 4.69) is 0 Å². The molecule has 0 aliphatic carbocycles. The maximum absolute atomic E-state index is 10.0. The first-order valence-corrected chi connectivity index (χ1v) is 2.12. The van der Waals surface area contributed by atoms with E-state index in [1.807, 2.05) is 0 Å². The van der Waals surface area contributed by atoms with Crippen molar-refractivity contribution < 1.29 is 64.6 Å². The van der Waals surface area contributed by atoms with Gasteiger partial charge in [0.25, 0.3) is 0 Å². The van der Waals surface area contributed by atoms with Crippen LogP contribution in [0.4, 0.5) is 0 Å². The summed E-state index contributed by atoms with van der Waals surface area (Å²) in [4.78, 5) is 20.1. The smallest absolute Gasteiger partial charge is 0.137 e. The van der Waals surface area contributed by atoms with Crippen LogP contribution in [-0.2, 0) is 64.6 Å². The van der Waals surface area contributed by atoms with E-state index in [0.717, 1.165) is 0 Å². The fraction of sp³-hybridized carbons (Fsp3) is 0.600. The van der Waals surface area contributed by atoms with Crippen molar-refractivity contribution in [3.8, 4) is 0 Å². The molecular formula is C5H8CdHgO2. The van der Waals surface area contributed by atoms with Crippen LogP contribution in [0, 0.1) is 0 Å². The molecule has 0 amide bonds. The van der Waals surface area contributed by atoms with Crippen LogP contribution < -0.4 is 0 Å². The second-order valence-electron chi connectivity index (χ2n) is 1.58. The number of hydrogen-bond donors (Lipinski definition) is 0. The molecule has 0 spiro atoms. The first-order valence-electron chi connectivity index (χ1n) is 2.12. The second-order valence-corrected chi connectivity index (χ2v) is 1.58. The largest absolute Gasteiger partial charge is 0.300 e. The molecule has 0 N–H and O–H groups in total. The van der Waals surface area contributed by atoms with Crippen molar-refractivity contribution in [2.24, 2.45) is 0 Å². The Morgan fingerprint density at radius 1 is 1.11 bits per heavy atom. The van der Waals surface area contributed by atoms with Crippen LogP contribution in [0.5, 0.6) is 0 Å². The quantitative estimate of drug-likeness (QED) is 0.490. The number of rotatable bonds is 2. The molecule has 0 aromatic rings. The molecule has 0 unspecified atom stereocenters. The van der Waals surface area contributed by atoms with E-state index < -0.39 is 0 Å². The van der Waals surface area contributed by atoms with Gasteiger partial charge >= 0.3 is 0 Å². The molecule has 0 saturated carbocycles. The zero-order valence-electron chi connectivity index (χ0n) is 5.94. The van der Waals surface area contributed by atoms with Crippen LogP contribution in [0.25, 0.3) is 0 Å². The summed E-state index contributed by atoms with van der Waals surface area (Å²) in [6.07, 6.45) is 0.0833. The molecule has 44 valence electrons. The van der Waals surface area contributed by atoms with Crippen LogP contribution in [0.2, 0.25) is 0 Å². The van der Waals surface area contributed by atoms with E-state index in [4.69, 9.17) is 0 Å². The number of ketones is 2. The van der Waals surface area contributed by atoms with E-state index in [1.54, 1.807) is 0 Å². The first-order chi connectivity index (χ1) is 3.13. The topological polar surface area (TPSA) is 34.1 Å². The van der Waals surface area contributed by atoms with E-state index >= 15 is 0 Å². The summed E-state index contributed by atoms with van der Waals surface area (Å²) in [6.45, 7) is 2.81. The summed E-state index contributed by atoms with van der Waals surface area (Å²) in [5.74, 6) is -0.125. The molecule has 2 nitrogen and oxygen atoms in total. The summed E-state index contributed by atoms with van der Waals surface area (Å²) in [5.41, 5.74) is 0. The molecule has 0 aliphatic rings. The van der Waals surface area contributed by atoms with Gasteiger partial charge in [-0.15, -0.1) is 0 Å². The average Bonchev–Trinajstić information content (AvgIpc) is 1.27. The van der Waals surface area contributed by atoms with Crippen molar-refractivity contribution in [1.82, 2.24) is 0 Å². The van der Waals surface area contributed by atoms with Crippen molar-refractivity contribution in [2.75, 3.05) is 0 Å². The summed E-state index contributed by atoms with van der Waals surface area (Å²) in [7, 11) is 0. The predicted molar refractivity (Wildman–Crippen MR) is 26.0 cm³/mol. The molecule has 9 heavy (non-hydrogen) atoms. The first kappa shape index (κ1) is 16.7. The molecule has 0 radical (unpaired) electrons. The molecule has 0 heterocycles. The fourth-order valence-corrected chi connectivity index (χ4v) is 0.351. The van der Waals surface area contributed by atoms with Gasteiger partial charge in [-0.25, -0.2) is 0 Å². The Balaban J connectivity index is -0.000000180. The van der Waals surface area contributed by atoms with Gasteiger partial charge in [0.1, 0.15) is 11.6 Å². The van der Waals surface area contributed by atoms with Gasteiger partial charge in [0.05, 0.1) is 6.42 Å². The molecule has 0 saturated heterocycles. The Labute approximate surface area is 95.4 Å². The van der Waals surface area contributed by atoms with Crippen LogP contribution in [0.1, 0.15) is 20.3 Å². The Morgan fingerprint density at radius 2 is 1.33 bits per heavy atom. The van der Waals surface area contributed by atoms with E-state index in [9.17, 15) is 9.59 Å². The van der Waals surface area contributed by atoms with Gasteiger partial charge in [-0.3, -0.25) is 9.59 Å². The van der Waals surface area contributed by atoms with Crippen molar-refractivity contribution in [3.05, 3.63) is 0 Å². The summed E-state index contributed by atoms with van der Waals surface area (Å²) < 4.78 is 0. The minimum Gasteiger partial charge on any atom is -0.300 e. The number of Topliss-reactive ketones (excluding diaryl/α,β-unsaturated/α-hetero) is 2. The van der Waals surface area contributed by atoms with E-state index in [-0.39, 0.29) is 73.0 Å². The molecule has 0 bridgehead atoms. The molecule has 0 aliphatic heterocycles. The van der Waals surface area contributed by atoms with Crippen LogP contribution in [-0.4, -0.2) is 11.6 Å². The number of carbonyl (C=O) groups excluding carboxylic acids is 2. The van der Waals surface area contributed by atoms with Crippen molar-refractivity contribution >= 4 is 11.6 Å². The number of carbonyl (C=O) groups is 2. The molecule has 0 aromatic heterocycles. The Kier molecular flexibility index (Phi) is 17.0. The molecule has 0 aromatic carbocycles. The van der Waals surface area contributed by atoms with Gasteiger partial charge in [-0.1, -0.05) is 0 Å². The summed E-state index contributed by atoms with van der Waals surface area (Å²) in [6, 6.07) is 0. The van der Waals surface area contributed by atoms with Crippen LogP contribution in [0.3, 0.4) is 0 Å². The second kappa shape index (κ2) is 9.20. The molecule has 4 heteroatoms. The van der Waals surface area contributed by atoms with Gasteiger partial charge in [-0.05, 0) is 13.8 Å². The third kappa shape index (κ3) is 17.6. The third-order valence-electron chi connectivity index (χ3n) is 0.498. The van der Waals surface area contributed by atoms with Crippen LogP contribution >= 0.6 is 0 Å². The third-order valence-corrected chi connectivity index (χ3v) is 0.498. The Hall–Kier alpha value is 1.20. The molecular weight excluding hydrogens is 405 g/mol. The Morgan fingerprint density at radius 3 is 1.33 bits per heavy atom. The minimum atomic E-state index is -0.0625. The summed E-state index contributed by atoms with van der Waals surface area (Å²) >= 11 is 0. The maximum atomic E-state index is 10.0. The van der Waals surface area contributed by atoms with Crippen molar-refractivity contribution in [1.29, 1.82) is 0 Å². The molecule has 0 fully saturated rings. The molecule has 0 atom stereocenters. The maximum Gasteiger partial charge on any atom is 0.137 e. The van der Waals surface area contributed by atoms with Crippen molar-refractivity contribution in [2.45, 2.75) is 20.3 Å². The standard InChI is InChI=1S/C5H8O2.Cd.Hg/c1-4(6)3-5(2)7;;/h3H2,1-2H3;;. The van der Waals surface area contributed by atoms with Crippen molar-refractivity contribution in [3.63, 3.8) is 0 Å².